The summed E-state index contributed by atoms with van der Waals surface area (Å²) in [6.45, 7) is 1.47. The molecule has 2 aromatic heterocycles. The van der Waals surface area contributed by atoms with Gasteiger partial charge in [-0.3, -0.25) is 9.36 Å². The van der Waals surface area contributed by atoms with Crippen LogP contribution in [0.15, 0.2) is 43.0 Å². The number of aromatic nitrogens is 4. The van der Waals surface area contributed by atoms with Crippen LogP contribution in [0.5, 0.6) is 5.75 Å². The van der Waals surface area contributed by atoms with Crippen molar-refractivity contribution in [1.82, 2.24) is 19.5 Å². The smallest absolute Gasteiger partial charge is 0.221 e. The molecule has 1 aliphatic rings. The number of ether oxygens (including phenoxy) is 1. The molecule has 2 heterocycles. The summed E-state index contributed by atoms with van der Waals surface area (Å²) in [6, 6.07) is 5.60. The maximum absolute atomic E-state index is 11.4. The third kappa shape index (κ3) is 4.13. The van der Waals surface area contributed by atoms with Gasteiger partial charge in [0.25, 0.3) is 0 Å². The van der Waals surface area contributed by atoms with Crippen molar-refractivity contribution < 1.29 is 9.53 Å². The number of amides is 1. The van der Waals surface area contributed by atoms with Crippen LogP contribution in [0.3, 0.4) is 0 Å². The lowest BCUT2D eigenvalue weighted by Crippen LogP contribution is -2.09. The largest absolute Gasteiger partial charge is 0.494 e. The van der Waals surface area contributed by atoms with Crippen molar-refractivity contribution in [3.05, 3.63) is 48.8 Å². The fourth-order valence-corrected chi connectivity index (χ4v) is 3.87. The second-order valence-corrected chi connectivity index (χ2v) is 7.35. The minimum Gasteiger partial charge on any atom is -0.494 e. The Labute approximate surface area is 170 Å². The summed E-state index contributed by atoms with van der Waals surface area (Å²) < 4.78 is 7.40. The topological polar surface area (TPSA) is 81.9 Å². The van der Waals surface area contributed by atoms with Crippen LogP contribution < -0.4 is 10.1 Å². The van der Waals surface area contributed by atoms with E-state index in [0.29, 0.717) is 17.4 Å². The molecule has 0 radical (unpaired) electrons. The number of nitrogens with one attached hydrogen (secondary N) is 1. The van der Waals surface area contributed by atoms with Gasteiger partial charge in [-0.2, -0.15) is 0 Å². The van der Waals surface area contributed by atoms with E-state index < -0.39 is 0 Å². The van der Waals surface area contributed by atoms with Crippen LogP contribution in [0.1, 0.15) is 50.8 Å². The van der Waals surface area contributed by atoms with Crippen molar-refractivity contribution in [1.29, 1.82) is 0 Å². The first-order valence-electron chi connectivity index (χ1n) is 9.97. The average molecular weight is 391 g/mol. The zero-order valence-electron chi connectivity index (χ0n) is 16.8. The molecule has 0 bridgehead atoms. The van der Waals surface area contributed by atoms with Gasteiger partial charge in [0, 0.05) is 43.7 Å². The standard InChI is InChI=1S/C22H25N5O2/c1-15(28)26-19-9-8-18(12-20(19)29-2)27-11-10-23-22(27)17-13-24-21(25-14-17)16-6-4-3-5-7-16/h8-14,16H,3-7H2,1-2H3,(H,26,28). The zero-order valence-corrected chi connectivity index (χ0v) is 16.8. The quantitative estimate of drug-likeness (QED) is 0.699. The molecule has 1 aliphatic carbocycles. The van der Waals surface area contributed by atoms with Crippen molar-refractivity contribution in [2.24, 2.45) is 0 Å². The highest BCUT2D eigenvalue weighted by Gasteiger charge is 2.19. The molecule has 1 amide bonds. The summed E-state index contributed by atoms with van der Waals surface area (Å²) >= 11 is 0. The van der Waals surface area contributed by atoms with Gasteiger partial charge in [0.15, 0.2) is 0 Å². The molecule has 3 aromatic rings. The highest BCUT2D eigenvalue weighted by molar-refractivity contribution is 5.90. The van der Waals surface area contributed by atoms with Gasteiger partial charge in [0.1, 0.15) is 17.4 Å². The number of benzene rings is 1. The molecule has 0 spiro atoms. The van der Waals surface area contributed by atoms with E-state index in [2.05, 4.69) is 20.3 Å². The van der Waals surface area contributed by atoms with Crippen LogP contribution in [0, 0.1) is 0 Å². The first-order valence-corrected chi connectivity index (χ1v) is 9.97. The number of hydrogen-bond acceptors (Lipinski definition) is 5. The van der Waals surface area contributed by atoms with Gasteiger partial charge < -0.3 is 10.1 Å². The molecule has 1 fully saturated rings. The number of imidazole rings is 1. The molecular formula is C22H25N5O2. The number of carbonyl (C=O) groups excluding carboxylic acids is 1. The third-order valence-corrected chi connectivity index (χ3v) is 5.32. The molecule has 0 aliphatic heterocycles. The minimum atomic E-state index is -0.144. The van der Waals surface area contributed by atoms with Gasteiger partial charge in [-0.15, -0.1) is 0 Å². The van der Waals surface area contributed by atoms with Gasteiger partial charge in [-0.05, 0) is 25.0 Å². The van der Waals surface area contributed by atoms with Crippen LogP contribution in [0.4, 0.5) is 5.69 Å². The van der Waals surface area contributed by atoms with Crippen LogP contribution in [-0.2, 0) is 4.79 Å². The molecule has 1 aromatic carbocycles. The van der Waals surface area contributed by atoms with Crippen molar-refractivity contribution in [2.45, 2.75) is 44.9 Å². The van der Waals surface area contributed by atoms with Crippen LogP contribution in [0.25, 0.3) is 17.1 Å². The lowest BCUT2D eigenvalue weighted by Gasteiger charge is -2.20. The Morgan fingerprint density at radius 2 is 1.90 bits per heavy atom. The molecule has 150 valence electrons. The van der Waals surface area contributed by atoms with Crippen molar-refractivity contribution in [3.63, 3.8) is 0 Å². The predicted molar refractivity (Wildman–Crippen MR) is 111 cm³/mol. The van der Waals surface area contributed by atoms with E-state index in [-0.39, 0.29) is 5.91 Å². The molecule has 4 rings (SSSR count). The van der Waals surface area contributed by atoms with E-state index in [1.165, 1.54) is 39.0 Å². The van der Waals surface area contributed by atoms with Gasteiger partial charge in [-0.25, -0.2) is 15.0 Å². The fourth-order valence-electron chi connectivity index (χ4n) is 3.87. The van der Waals surface area contributed by atoms with Gasteiger partial charge in [-0.1, -0.05) is 19.3 Å². The lowest BCUT2D eigenvalue weighted by molar-refractivity contribution is -0.114. The maximum Gasteiger partial charge on any atom is 0.221 e. The predicted octanol–water partition coefficient (Wildman–Crippen LogP) is 4.34. The summed E-state index contributed by atoms with van der Waals surface area (Å²) in [5, 5.41) is 2.77. The Morgan fingerprint density at radius 1 is 1.14 bits per heavy atom. The monoisotopic (exact) mass is 391 g/mol. The maximum atomic E-state index is 11.4. The Hall–Kier alpha value is -3.22. The summed E-state index contributed by atoms with van der Waals surface area (Å²) in [6.07, 6.45) is 13.5. The Balaban J connectivity index is 1.62. The van der Waals surface area contributed by atoms with E-state index in [9.17, 15) is 4.79 Å². The number of methoxy groups -OCH3 is 1. The minimum absolute atomic E-state index is 0.144. The van der Waals surface area contributed by atoms with E-state index in [1.54, 1.807) is 13.3 Å². The van der Waals surface area contributed by atoms with Gasteiger partial charge >= 0.3 is 0 Å². The summed E-state index contributed by atoms with van der Waals surface area (Å²) in [7, 11) is 1.58. The molecule has 29 heavy (non-hydrogen) atoms. The number of rotatable bonds is 5. The van der Waals surface area contributed by atoms with Crippen LogP contribution in [-0.4, -0.2) is 32.5 Å². The second-order valence-electron chi connectivity index (χ2n) is 7.35. The van der Waals surface area contributed by atoms with Crippen molar-refractivity contribution in [3.8, 4) is 22.8 Å². The Bertz CT molecular complexity index is 991. The molecule has 7 nitrogen and oxygen atoms in total. The van der Waals surface area contributed by atoms with E-state index in [4.69, 9.17) is 4.74 Å². The highest BCUT2D eigenvalue weighted by atomic mass is 16.5. The molecule has 1 saturated carbocycles. The molecular weight excluding hydrogens is 366 g/mol. The Morgan fingerprint density at radius 3 is 2.59 bits per heavy atom. The zero-order chi connectivity index (χ0) is 20.2. The Kier molecular flexibility index (Phi) is 5.55. The molecule has 0 saturated heterocycles. The molecule has 0 unspecified atom stereocenters. The summed E-state index contributed by atoms with van der Waals surface area (Å²) in [5.41, 5.74) is 2.37. The SMILES string of the molecule is COc1cc(-n2ccnc2-c2cnc(C3CCCCC3)nc2)ccc1NC(C)=O. The lowest BCUT2D eigenvalue weighted by atomic mass is 9.89. The number of carbonyl (C=O) groups is 1. The van der Waals surface area contributed by atoms with Crippen molar-refractivity contribution >= 4 is 11.6 Å². The average Bonchev–Trinajstić information content (AvgIpc) is 3.24. The summed E-state index contributed by atoms with van der Waals surface area (Å²) in [5.74, 6) is 2.61. The number of nitrogens with zero attached hydrogens (tertiary/aromatic N) is 4. The molecule has 7 heteroatoms. The van der Waals surface area contributed by atoms with Gasteiger partial charge in [0.2, 0.25) is 5.91 Å². The number of hydrogen-bond donors (Lipinski definition) is 1. The molecule has 0 atom stereocenters. The third-order valence-electron chi connectivity index (χ3n) is 5.32. The highest BCUT2D eigenvalue weighted by Crippen LogP contribution is 2.32. The van der Waals surface area contributed by atoms with Crippen LogP contribution >= 0.6 is 0 Å². The normalized spacial score (nSPS) is 14.6. The fraction of sp³-hybridized carbons (Fsp3) is 0.364. The van der Waals surface area contributed by atoms with Crippen LogP contribution in [0.2, 0.25) is 0 Å². The second kappa shape index (κ2) is 8.43. The van der Waals surface area contributed by atoms with Gasteiger partial charge in [0.05, 0.1) is 24.0 Å². The molecule has 1 N–H and O–H groups in total. The van der Waals surface area contributed by atoms with Crippen molar-refractivity contribution in [2.75, 3.05) is 12.4 Å². The first-order chi connectivity index (χ1) is 14.2. The summed E-state index contributed by atoms with van der Waals surface area (Å²) in [4.78, 5) is 25.2. The number of anilines is 1. The first kappa shape index (κ1) is 19.1. The van der Waals surface area contributed by atoms with E-state index in [0.717, 1.165) is 22.9 Å². The van der Waals surface area contributed by atoms with E-state index >= 15 is 0 Å². The van der Waals surface area contributed by atoms with E-state index in [1.807, 2.05) is 41.4 Å².